The summed E-state index contributed by atoms with van der Waals surface area (Å²) in [6.07, 6.45) is 0.320. The number of hydrogen-bond donors (Lipinski definition) is 1. The first kappa shape index (κ1) is 20.5. The van der Waals surface area contributed by atoms with Gasteiger partial charge in [0.15, 0.2) is 0 Å². The Balaban J connectivity index is 1.98. The summed E-state index contributed by atoms with van der Waals surface area (Å²) in [5.74, 6) is -0.945. The normalized spacial score (nSPS) is 23.6. The SMILES string of the molecule is CC1(C)C(CC(Cl)Cl)C1(C(=O)O)C(C#N)c1cccc(Oc2ccccc2)c1. The van der Waals surface area contributed by atoms with Crippen molar-refractivity contribution in [2.75, 3.05) is 0 Å². The molecule has 0 aromatic heterocycles. The van der Waals surface area contributed by atoms with Crippen LogP contribution < -0.4 is 4.74 Å². The second-order valence-corrected chi connectivity index (χ2v) is 8.90. The van der Waals surface area contributed by atoms with Crippen LogP contribution in [0.25, 0.3) is 0 Å². The lowest BCUT2D eigenvalue weighted by Gasteiger charge is -2.22. The van der Waals surface area contributed by atoms with Crippen LogP contribution in [0, 0.1) is 28.1 Å². The molecular weight excluding hydrogens is 397 g/mol. The fraction of sp³-hybridized carbons (Fsp3) is 0.364. The Morgan fingerprint density at radius 1 is 1.18 bits per heavy atom. The minimum atomic E-state index is -1.25. The molecular formula is C22H21Cl2NO3. The van der Waals surface area contributed by atoms with E-state index in [-0.39, 0.29) is 5.92 Å². The van der Waals surface area contributed by atoms with E-state index in [2.05, 4.69) is 6.07 Å². The zero-order chi connectivity index (χ0) is 20.5. The summed E-state index contributed by atoms with van der Waals surface area (Å²) in [7, 11) is 0. The summed E-state index contributed by atoms with van der Waals surface area (Å²) < 4.78 is 5.85. The molecule has 1 N–H and O–H groups in total. The number of carboxylic acids is 1. The van der Waals surface area contributed by atoms with Crippen LogP contribution in [0.15, 0.2) is 54.6 Å². The van der Waals surface area contributed by atoms with Crippen molar-refractivity contribution in [1.82, 2.24) is 0 Å². The molecule has 0 bridgehead atoms. The molecule has 3 atom stereocenters. The molecule has 1 fully saturated rings. The van der Waals surface area contributed by atoms with E-state index >= 15 is 0 Å². The van der Waals surface area contributed by atoms with Gasteiger partial charge in [0.05, 0.1) is 17.4 Å². The van der Waals surface area contributed by atoms with Crippen LogP contribution in [-0.4, -0.2) is 15.9 Å². The molecule has 0 spiro atoms. The largest absolute Gasteiger partial charge is 0.481 e. The first-order valence-electron chi connectivity index (χ1n) is 8.99. The number of nitrogens with zero attached hydrogens (tertiary/aromatic N) is 1. The van der Waals surface area contributed by atoms with Gasteiger partial charge in [-0.15, -0.1) is 23.2 Å². The van der Waals surface area contributed by atoms with Gasteiger partial charge in [0.25, 0.3) is 0 Å². The second kappa shape index (κ2) is 7.66. The Hall–Kier alpha value is -2.22. The Kier molecular flexibility index (Phi) is 5.61. The van der Waals surface area contributed by atoms with Crippen molar-refractivity contribution in [2.24, 2.45) is 16.7 Å². The molecule has 2 aromatic carbocycles. The quantitative estimate of drug-likeness (QED) is 0.560. The van der Waals surface area contributed by atoms with Crippen LogP contribution in [0.3, 0.4) is 0 Å². The van der Waals surface area contributed by atoms with Crippen molar-refractivity contribution < 1.29 is 14.6 Å². The van der Waals surface area contributed by atoms with Gasteiger partial charge in [-0.2, -0.15) is 5.26 Å². The molecule has 0 aliphatic heterocycles. The van der Waals surface area contributed by atoms with Gasteiger partial charge in [0.1, 0.15) is 16.3 Å². The average Bonchev–Trinajstić information content (AvgIpc) is 3.12. The fourth-order valence-corrected chi connectivity index (χ4v) is 4.86. The van der Waals surface area contributed by atoms with E-state index in [0.717, 1.165) is 0 Å². The molecule has 3 rings (SSSR count). The number of halogens is 2. The van der Waals surface area contributed by atoms with Crippen LogP contribution in [-0.2, 0) is 4.79 Å². The van der Waals surface area contributed by atoms with Crippen molar-refractivity contribution in [3.8, 4) is 17.6 Å². The number of hydrogen-bond acceptors (Lipinski definition) is 3. The molecule has 146 valence electrons. The Bertz CT molecular complexity index is 907. The molecule has 0 amide bonds. The smallest absolute Gasteiger partial charge is 0.312 e. The van der Waals surface area contributed by atoms with Crippen LogP contribution in [0.2, 0.25) is 0 Å². The van der Waals surface area contributed by atoms with E-state index in [1.165, 1.54) is 0 Å². The van der Waals surface area contributed by atoms with E-state index in [4.69, 9.17) is 27.9 Å². The molecule has 6 heteroatoms. The second-order valence-electron chi connectivity index (χ2n) is 7.62. The predicted octanol–water partition coefficient (Wildman–Crippen LogP) is 6.01. The number of benzene rings is 2. The molecule has 1 aliphatic carbocycles. The standard InChI is InChI=1S/C22H21Cl2NO3/c1-21(2)18(12-19(23)24)22(21,20(26)27)17(13-25)14-7-6-10-16(11-14)28-15-8-4-3-5-9-15/h3-11,17-19H,12H2,1-2H3,(H,26,27). The van der Waals surface area contributed by atoms with Gasteiger partial charge in [-0.25, -0.2) is 0 Å². The summed E-state index contributed by atoms with van der Waals surface area (Å²) in [5, 5.41) is 20.1. The van der Waals surface area contributed by atoms with Gasteiger partial charge in [-0.1, -0.05) is 44.2 Å². The van der Waals surface area contributed by atoms with Crippen molar-refractivity contribution in [3.63, 3.8) is 0 Å². The zero-order valence-electron chi connectivity index (χ0n) is 15.6. The molecule has 2 aromatic rings. The van der Waals surface area contributed by atoms with Crippen LogP contribution in [0.5, 0.6) is 11.5 Å². The van der Waals surface area contributed by atoms with Crippen LogP contribution in [0.4, 0.5) is 0 Å². The molecule has 0 heterocycles. The number of alkyl halides is 2. The summed E-state index contributed by atoms with van der Waals surface area (Å²) in [5.41, 5.74) is -1.26. The van der Waals surface area contributed by atoms with Crippen molar-refractivity contribution in [1.29, 1.82) is 5.26 Å². The van der Waals surface area contributed by atoms with Crippen molar-refractivity contribution in [3.05, 3.63) is 60.2 Å². The molecule has 0 saturated heterocycles. The number of para-hydroxylation sites is 1. The van der Waals surface area contributed by atoms with Crippen LogP contribution >= 0.6 is 23.2 Å². The zero-order valence-corrected chi connectivity index (χ0v) is 17.1. The van der Waals surface area contributed by atoms with E-state index in [1.54, 1.807) is 24.3 Å². The molecule has 1 saturated carbocycles. The Morgan fingerprint density at radius 3 is 2.39 bits per heavy atom. The third-order valence-electron chi connectivity index (χ3n) is 5.93. The Morgan fingerprint density at radius 2 is 1.82 bits per heavy atom. The third kappa shape index (κ3) is 3.34. The van der Waals surface area contributed by atoms with Gasteiger partial charge in [0, 0.05) is 0 Å². The van der Waals surface area contributed by atoms with E-state index in [1.807, 2.05) is 44.2 Å². The first-order valence-corrected chi connectivity index (χ1v) is 9.86. The fourth-order valence-electron chi connectivity index (χ4n) is 4.51. The summed E-state index contributed by atoms with van der Waals surface area (Å²) in [6, 6.07) is 18.5. The average molecular weight is 418 g/mol. The van der Waals surface area contributed by atoms with Gasteiger partial charge in [-0.05, 0) is 47.6 Å². The first-order chi connectivity index (χ1) is 13.2. The molecule has 4 nitrogen and oxygen atoms in total. The number of carboxylic acid groups (broad SMARTS) is 1. The highest BCUT2D eigenvalue weighted by Gasteiger charge is 2.79. The maximum atomic E-state index is 12.4. The van der Waals surface area contributed by atoms with Crippen molar-refractivity contribution in [2.45, 2.75) is 31.0 Å². The highest BCUT2D eigenvalue weighted by atomic mass is 35.5. The predicted molar refractivity (Wildman–Crippen MR) is 109 cm³/mol. The lowest BCUT2D eigenvalue weighted by Crippen LogP contribution is -2.29. The maximum Gasteiger partial charge on any atom is 0.312 e. The number of ether oxygens (including phenoxy) is 1. The molecule has 28 heavy (non-hydrogen) atoms. The highest BCUT2D eigenvalue weighted by molar-refractivity contribution is 6.44. The van der Waals surface area contributed by atoms with Crippen molar-refractivity contribution >= 4 is 29.2 Å². The lowest BCUT2D eigenvalue weighted by atomic mass is 9.78. The van der Waals surface area contributed by atoms with Gasteiger partial charge in [-0.3, -0.25) is 4.79 Å². The van der Waals surface area contributed by atoms with Crippen LogP contribution in [0.1, 0.15) is 31.7 Å². The minimum Gasteiger partial charge on any atom is -0.481 e. The number of nitriles is 1. The molecule has 0 radical (unpaired) electrons. The summed E-state index contributed by atoms with van der Waals surface area (Å²) in [6.45, 7) is 3.72. The van der Waals surface area contributed by atoms with Gasteiger partial charge >= 0.3 is 5.97 Å². The van der Waals surface area contributed by atoms with E-state index in [9.17, 15) is 15.2 Å². The maximum absolute atomic E-state index is 12.4. The van der Waals surface area contributed by atoms with Gasteiger partial charge < -0.3 is 9.84 Å². The molecule has 1 aliphatic rings. The highest BCUT2D eigenvalue weighted by Crippen LogP contribution is 2.76. The number of aliphatic carboxylic acids is 1. The Labute approximate surface area is 174 Å². The van der Waals surface area contributed by atoms with E-state index < -0.39 is 27.6 Å². The number of rotatable bonds is 7. The van der Waals surface area contributed by atoms with E-state index in [0.29, 0.717) is 23.5 Å². The third-order valence-corrected chi connectivity index (χ3v) is 6.28. The number of carbonyl (C=O) groups is 1. The minimum absolute atomic E-state index is 0.305. The monoisotopic (exact) mass is 417 g/mol. The van der Waals surface area contributed by atoms with Gasteiger partial charge in [0.2, 0.25) is 0 Å². The topological polar surface area (TPSA) is 70.3 Å². The summed E-state index contributed by atoms with van der Waals surface area (Å²) in [4.78, 5) is 11.7. The molecule has 3 unspecified atom stereocenters. The lowest BCUT2D eigenvalue weighted by molar-refractivity contribution is -0.145. The summed E-state index contributed by atoms with van der Waals surface area (Å²) >= 11 is 11.9.